The molecule has 2 aromatic carbocycles. The number of halogens is 3. The van der Waals surface area contributed by atoms with Crippen LogP contribution in [0.3, 0.4) is 0 Å². The van der Waals surface area contributed by atoms with Crippen molar-refractivity contribution < 1.29 is 50.5 Å². The molecule has 1 heterocycles. The van der Waals surface area contributed by atoms with E-state index in [4.69, 9.17) is 4.74 Å². The van der Waals surface area contributed by atoms with E-state index >= 15 is 0 Å². The second-order valence-electron chi connectivity index (χ2n) is 8.43. The summed E-state index contributed by atoms with van der Waals surface area (Å²) in [6.45, 7) is 1.44. The van der Waals surface area contributed by atoms with Crippen LogP contribution in [0.5, 0.6) is 0 Å². The minimum atomic E-state index is -4.67. The Kier molecular flexibility index (Phi) is 9.13. The molecule has 214 valence electrons. The van der Waals surface area contributed by atoms with E-state index in [2.05, 4.69) is 9.94 Å². The molecule has 1 aromatic heterocycles. The fraction of sp³-hybridized carbons (Fsp3) is 0.292. The Bertz CT molecular complexity index is 1490. The zero-order chi connectivity index (χ0) is 29.7. The Hall–Kier alpha value is -4.47. The molecule has 0 atom stereocenters. The second-order valence-corrected chi connectivity index (χ2v) is 10.3. The van der Waals surface area contributed by atoms with Gasteiger partial charge in [0.05, 0.1) is 11.5 Å². The number of benzene rings is 2. The molecule has 0 spiro atoms. The van der Waals surface area contributed by atoms with Crippen molar-refractivity contribution in [2.24, 2.45) is 0 Å². The average Bonchev–Trinajstić information content (AvgIpc) is 3.33. The number of amides is 1. The Morgan fingerprint density at radius 1 is 1.10 bits per heavy atom. The third-order valence-electron chi connectivity index (χ3n) is 5.51. The van der Waals surface area contributed by atoms with Gasteiger partial charge in [-0.25, -0.2) is 8.42 Å². The van der Waals surface area contributed by atoms with Crippen LogP contribution in [0.1, 0.15) is 31.0 Å². The molecule has 0 bridgehead atoms. The summed E-state index contributed by atoms with van der Waals surface area (Å²) in [5.74, 6) is -1.89. The third-order valence-corrected chi connectivity index (χ3v) is 7.32. The molecular weight excluding hydrogens is 561 g/mol. The van der Waals surface area contributed by atoms with E-state index in [1.165, 1.54) is 12.1 Å². The molecule has 0 aliphatic rings. The van der Waals surface area contributed by atoms with Gasteiger partial charge in [-0.1, -0.05) is 22.4 Å². The molecule has 1 N–H and O–H groups in total. The number of carbonyl (C=O) groups excluding carboxylic acids is 2. The van der Waals surface area contributed by atoms with Crippen LogP contribution in [0.4, 0.5) is 13.2 Å². The first kappa shape index (κ1) is 30.1. The van der Waals surface area contributed by atoms with E-state index in [0.717, 1.165) is 35.4 Å². The molecule has 0 aliphatic heterocycles. The zero-order valence-electron chi connectivity index (χ0n) is 21.2. The fourth-order valence-corrected chi connectivity index (χ4v) is 4.75. The van der Waals surface area contributed by atoms with Crippen LogP contribution >= 0.6 is 0 Å². The summed E-state index contributed by atoms with van der Waals surface area (Å²) in [5, 5.41) is 11.4. The van der Waals surface area contributed by atoms with Crippen molar-refractivity contribution in [2.75, 3.05) is 13.3 Å². The first-order valence-electron chi connectivity index (χ1n) is 11.6. The Labute approximate surface area is 226 Å². The van der Waals surface area contributed by atoms with Crippen LogP contribution in [0.25, 0.3) is 16.9 Å². The maximum absolute atomic E-state index is 13.5. The topological polar surface area (TPSA) is 153 Å². The van der Waals surface area contributed by atoms with Gasteiger partial charge in [-0.15, -0.1) is 10.1 Å². The van der Waals surface area contributed by atoms with Crippen LogP contribution < -0.4 is 4.68 Å². The van der Waals surface area contributed by atoms with Crippen molar-refractivity contribution in [1.29, 1.82) is 0 Å². The number of aromatic amines is 1. The van der Waals surface area contributed by atoms with Gasteiger partial charge >= 0.3 is 12.1 Å². The smallest absolute Gasteiger partial charge is 0.436 e. The third kappa shape index (κ3) is 7.34. The lowest BCUT2D eigenvalue weighted by Crippen LogP contribution is -2.38. The summed E-state index contributed by atoms with van der Waals surface area (Å²) in [4.78, 5) is 37.7. The van der Waals surface area contributed by atoms with Crippen molar-refractivity contribution in [1.82, 2.24) is 9.40 Å². The van der Waals surface area contributed by atoms with E-state index < -0.39 is 45.6 Å². The Morgan fingerprint density at radius 3 is 2.27 bits per heavy atom. The van der Waals surface area contributed by atoms with Gasteiger partial charge in [0.1, 0.15) is 0 Å². The summed E-state index contributed by atoms with van der Waals surface area (Å²) in [5.41, 5.74) is 0.699. The number of nitrogens with one attached hydrogen (secondary N) is 1. The molecule has 1 amide bonds. The van der Waals surface area contributed by atoms with Crippen LogP contribution in [0.15, 0.2) is 59.5 Å². The number of sulfonamides is 1. The predicted molar refractivity (Wildman–Crippen MR) is 130 cm³/mol. The Balaban J connectivity index is 1.84. The number of ether oxygens (including phenoxy) is 1. The SMILES string of the molecule is CC(=O)N(COC(=O)CCCO[N+](=O)[O-])S(=O)(=O)c1ccc(-[n+]2[nH]c(C(F)(F)F)cc2-c2ccc(C)cc2)cc1. The number of H-pyrrole nitrogens is 1. The van der Waals surface area contributed by atoms with E-state index in [-0.39, 0.29) is 35.7 Å². The normalized spacial score (nSPS) is 11.6. The van der Waals surface area contributed by atoms with Gasteiger partial charge in [0.2, 0.25) is 17.3 Å². The van der Waals surface area contributed by atoms with E-state index in [9.17, 15) is 41.3 Å². The van der Waals surface area contributed by atoms with Crippen LogP contribution in [0.2, 0.25) is 0 Å². The fourth-order valence-electron chi connectivity index (χ4n) is 3.48. The molecule has 0 saturated heterocycles. The lowest BCUT2D eigenvalue weighted by atomic mass is 10.1. The van der Waals surface area contributed by atoms with Gasteiger partial charge in [0.15, 0.2) is 12.4 Å². The minimum absolute atomic E-state index is 0.0782. The number of alkyl halides is 3. The molecule has 0 unspecified atom stereocenters. The highest BCUT2D eigenvalue weighted by molar-refractivity contribution is 7.89. The van der Waals surface area contributed by atoms with Crippen LogP contribution in [0, 0.1) is 17.0 Å². The lowest BCUT2D eigenvalue weighted by molar-refractivity contribution is -0.757. The van der Waals surface area contributed by atoms with Gasteiger partial charge in [0.25, 0.3) is 15.1 Å². The van der Waals surface area contributed by atoms with Gasteiger partial charge in [-0.2, -0.15) is 22.6 Å². The second kappa shape index (κ2) is 12.1. The molecule has 40 heavy (non-hydrogen) atoms. The van der Waals surface area contributed by atoms with E-state index in [1.807, 2.05) is 6.92 Å². The quantitative estimate of drug-likeness (QED) is 0.0899. The molecule has 0 radical (unpaired) electrons. The molecule has 0 aliphatic carbocycles. The monoisotopic (exact) mass is 585 g/mol. The lowest BCUT2D eigenvalue weighted by Gasteiger charge is -2.20. The van der Waals surface area contributed by atoms with E-state index in [0.29, 0.717) is 9.87 Å². The molecule has 0 fully saturated rings. The van der Waals surface area contributed by atoms with E-state index in [1.54, 1.807) is 24.3 Å². The summed E-state index contributed by atoms with van der Waals surface area (Å²) >= 11 is 0. The predicted octanol–water partition coefficient (Wildman–Crippen LogP) is 3.31. The van der Waals surface area contributed by atoms with Crippen molar-refractivity contribution in [2.45, 2.75) is 37.8 Å². The number of hydrogen-bond donors (Lipinski definition) is 1. The molecule has 16 heteroatoms. The van der Waals surface area contributed by atoms with Gasteiger partial charge in [-0.3, -0.25) is 9.59 Å². The zero-order valence-corrected chi connectivity index (χ0v) is 22.0. The van der Waals surface area contributed by atoms with Gasteiger partial charge in [-0.05, 0) is 37.6 Å². The summed E-state index contributed by atoms with van der Waals surface area (Å²) in [6, 6.07) is 12.4. The number of hydrogen-bond acceptors (Lipinski definition) is 8. The first-order valence-corrected chi connectivity index (χ1v) is 13.0. The highest BCUT2D eigenvalue weighted by Crippen LogP contribution is 2.30. The standard InChI is InChI=1S/C24H23F3N4O8S/c1-16-5-7-18(8-6-16)21-14-22(24(25,26)27)28-30(21)19-9-11-20(12-10-19)40(36,37)29(17(2)32)15-38-23(33)4-3-13-39-31(34)35/h5-12,14H,3-4,13,15H2,1-2H3/p+1. The first-order chi connectivity index (χ1) is 18.7. The van der Waals surface area contributed by atoms with Gasteiger partial charge in [0, 0.05) is 37.1 Å². The number of aromatic nitrogens is 2. The summed E-state index contributed by atoms with van der Waals surface area (Å²) in [6.07, 6.45) is -5.08. The number of esters is 1. The maximum Gasteiger partial charge on any atom is 0.436 e. The Morgan fingerprint density at radius 2 is 1.73 bits per heavy atom. The number of aryl methyl sites for hydroxylation is 1. The van der Waals surface area contributed by atoms with Gasteiger partial charge < -0.3 is 9.57 Å². The molecule has 12 nitrogen and oxygen atoms in total. The van der Waals surface area contributed by atoms with Crippen molar-refractivity contribution in [3.8, 4) is 16.9 Å². The molecule has 3 rings (SSSR count). The van der Waals surface area contributed by atoms with Crippen LogP contribution in [-0.2, 0) is 35.4 Å². The number of rotatable bonds is 11. The molecule has 0 saturated carbocycles. The minimum Gasteiger partial charge on any atom is -0.443 e. The summed E-state index contributed by atoms with van der Waals surface area (Å²) < 4.78 is 72.9. The van der Waals surface area contributed by atoms with Crippen molar-refractivity contribution in [3.05, 3.63) is 76.0 Å². The average molecular weight is 586 g/mol. The highest BCUT2D eigenvalue weighted by Gasteiger charge is 2.38. The maximum atomic E-state index is 13.5. The van der Waals surface area contributed by atoms with Crippen molar-refractivity contribution >= 4 is 21.9 Å². The number of carbonyl (C=O) groups is 2. The number of nitrogens with zero attached hydrogens (tertiary/aromatic N) is 3. The van der Waals surface area contributed by atoms with Crippen LogP contribution in [-0.4, -0.2) is 48.1 Å². The summed E-state index contributed by atoms with van der Waals surface area (Å²) in [7, 11) is -4.52. The van der Waals surface area contributed by atoms with Crippen molar-refractivity contribution in [3.63, 3.8) is 0 Å². The largest absolute Gasteiger partial charge is 0.443 e. The highest BCUT2D eigenvalue weighted by atomic mass is 32.2. The molecule has 3 aromatic rings. The molecular formula is C24H24F3N4O8S+.